The molecule has 0 bridgehead atoms. The highest BCUT2D eigenvalue weighted by Crippen LogP contribution is 2.28. The number of hydrogen-bond donors (Lipinski definition) is 3. The lowest BCUT2D eigenvalue weighted by Gasteiger charge is -2.34. The van der Waals surface area contributed by atoms with Gasteiger partial charge in [0.2, 0.25) is 0 Å². The molecule has 474 valence electrons. The first kappa shape index (κ1) is 64.0. The molecule has 0 radical (unpaired) electrons. The van der Waals surface area contributed by atoms with Crippen molar-refractivity contribution in [3.63, 3.8) is 0 Å². The van der Waals surface area contributed by atoms with E-state index < -0.39 is 40.6 Å². The minimum atomic E-state index is -1.18. The topological polar surface area (TPSA) is 299 Å². The zero-order chi connectivity index (χ0) is 64.7. The van der Waals surface area contributed by atoms with E-state index in [1.165, 1.54) is 76.2 Å². The number of halogens is 3. The summed E-state index contributed by atoms with van der Waals surface area (Å²) in [6.07, 6.45) is 15.2. The molecular formula is C64H69F3N16O8. The molecular weight excluding hydrogens is 1180 g/mol. The van der Waals surface area contributed by atoms with Crippen LogP contribution >= 0.6 is 0 Å². The van der Waals surface area contributed by atoms with E-state index in [0.717, 1.165) is 51.6 Å². The Bertz CT molecular complexity index is 4200. The molecule has 24 nitrogen and oxygen atoms in total. The number of carbonyl (C=O) groups excluding carboxylic acids is 2. The van der Waals surface area contributed by atoms with E-state index in [4.69, 9.17) is 9.47 Å². The number of nitriles is 1. The number of nitrogens with zero attached hydrogens (tertiary/aromatic N) is 15. The summed E-state index contributed by atoms with van der Waals surface area (Å²) >= 11 is 0. The predicted molar refractivity (Wildman–Crippen MR) is 325 cm³/mol. The highest BCUT2D eigenvalue weighted by Gasteiger charge is 2.31. The molecule has 0 saturated carbocycles. The summed E-state index contributed by atoms with van der Waals surface area (Å²) in [5.74, 6) is -2.18. The Balaban J connectivity index is 0.000000151. The Morgan fingerprint density at radius 3 is 1.32 bits per heavy atom. The van der Waals surface area contributed by atoms with Crippen LogP contribution in [0.2, 0.25) is 0 Å². The van der Waals surface area contributed by atoms with Crippen molar-refractivity contribution in [2.45, 2.75) is 111 Å². The monoisotopic (exact) mass is 1250 g/mol. The Kier molecular flexibility index (Phi) is 19.3. The van der Waals surface area contributed by atoms with Gasteiger partial charge in [-0.2, -0.15) is 5.26 Å². The van der Waals surface area contributed by atoms with Crippen LogP contribution in [-0.4, -0.2) is 153 Å². The molecule has 0 unspecified atom stereocenters. The molecule has 2 amide bonds. The molecule has 3 N–H and O–H groups in total. The number of rotatable bonds is 11. The number of hydrogen-bond acceptors (Lipinski definition) is 17. The van der Waals surface area contributed by atoms with Gasteiger partial charge >= 0.3 is 24.1 Å². The maximum atomic E-state index is 13.8. The smallest absolute Gasteiger partial charge is 0.410 e. The number of carbonyl (C=O) groups is 4. The average Bonchev–Trinajstić information content (AvgIpc) is 1.81. The molecule has 3 aliphatic heterocycles. The van der Waals surface area contributed by atoms with Gasteiger partial charge in [0.25, 0.3) is 0 Å². The Labute approximate surface area is 521 Å². The van der Waals surface area contributed by atoms with Crippen molar-refractivity contribution in [1.82, 2.24) is 73.2 Å². The second-order valence-corrected chi connectivity index (χ2v) is 24.8. The van der Waals surface area contributed by atoms with Gasteiger partial charge in [-0.25, -0.2) is 77.2 Å². The van der Waals surface area contributed by atoms with Crippen LogP contribution in [0.15, 0.2) is 91.8 Å². The molecule has 9 aromatic rings. The third-order valence-corrected chi connectivity index (χ3v) is 15.2. The second-order valence-electron chi connectivity index (χ2n) is 24.8. The summed E-state index contributed by atoms with van der Waals surface area (Å²) in [6.45, 7) is 15.3. The van der Waals surface area contributed by atoms with Crippen molar-refractivity contribution in [3.8, 4) is 40.6 Å². The fraction of sp³-hybridized carbons (Fsp3) is 0.406. The van der Waals surface area contributed by atoms with Crippen LogP contribution in [-0.2, 0) is 28.7 Å². The van der Waals surface area contributed by atoms with Crippen LogP contribution in [0.25, 0.3) is 51.5 Å². The lowest BCUT2D eigenvalue weighted by molar-refractivity contribution is 0.0156. The third-order valence-electron chi connectivity index (χ3n) is 15.2. The quantitative estimate of drug-likeness (QED) is 0.108. The molecule has 9 aromatic heterocycles. The van der Waals surface area contributed by atoms with Gasteiger partial charge in [-0.1, -0.05) is 0 Å². The van der Waals surface area contributed by atoms with Gasteiger partial charge in [-0.3, -0.25) is 13.2 Å². The van der Waals surface area contributed by atoms with Gasteiger partial charge in [0.1, 0.15) is 74.4 Å². The normalized spacial score (nSPS) is 16.9. The summed E-state index contributed by atoms with van der Waals surface area (Å²) in [7, 11) is 0. The number of carboxylic acid groups (broad SMARTS) is 2. The molecule has 12 heterocycles. The van der Waals surface area contributed by atoms with Crippen LogP contribution in [0.1, 0.15) is 124 Å². The molecule has 3 aliphatic rings. The second kappa shape index (κ2) is 27.4. The summed E-state index contributed by atoms with van der Waals surface area (Å²) in [5, 5.41) is 31.8. The fourth-order valence-electron chi connectivity index (χ4n) is 11.2. The zero-order valence-electron chi connectivity index (χ0n) is 51.2. The SMILES string of the molecule is CC(C)(C)OC(=O)N1CCC[C@@H](Cc2cc(C#N)nc(-c3cnc4ccc(F)cn34)n2)C1.CC(C)(C)OC(=O)N1CCC[C@@H](Cc2cc(C(=O)O)nc(-c3cnc4ccc(F)cn34)n2)C1.O=C(O)c1cc(C[C@@H]2CCCNC2)nc(-c2cnc3ccc(F)cn23)n1. The number of piperidine rings is 3. The molecule has 27 heteroatoms. The van der Waals surface area contributed by atoms with E-state index in [2.05, 4.69) is 56.2 Å². The van der Waals surface area contributed by atoms with Crippen LogP contribution in [0.3, 0.4) is 0 Å². The molecule has 3 fully saturated rings. The summed E-state index contributed by atoms with van der Waals surface area (Å²) < 4.78 is 56.8. The molecule has 0 aromatic carbocycles. The highest BCUT2D eigenvalue weighted by molar-refractivity contribution is 5.86. The minimum Gasteiger partial charge on any atom is -0.477 e. The van der Waals surface area contributed by atoms with Gasteiger partial charge < -0.3 is 34.8 Å². The van der Waals surface area contributed by atoms with E-state index in [9.17, 15) is 47.8 Å². The Hall–Kier alpha value is -9.97. The first-order chi connectivity index (χ1) is 43.4. The predicted octanol–water partition coefficient (Wildman–Crippen LogP) is 9.98. The standard InChI is InChI=1S/C23H25FN6O2.C23H26FN5O4.C18H18FN5O2/c1-23(2,3)32-22(31)29-8-4-5-15(13-29)9-17-10-18(11-25)28-21(27-17)19-12-26-20-7-6-16(24)14-30(19)20;1-23(2,3)33-22(32)28-8-4-5-14(12-28)9-16-10-17(21(30)31)27-20(26-16)18-11-25-19-7-6-15(24)13-29(18)19;19-12-3-4-16-21-9-15(24(16)10-12)17-22-13(7-14(23-17)18(25)26)6-11-2-1-5-20-8-11/h6-7,10,12,14-15H,4-5,8-9,13H2,1-3H3;6-7,10-11,13-14H,4-5,8-9,12H2,1-3H3,(H,30,31);3-4,7,9-11,20H,1-2,5-6,8H2,(H,25,26)/t15-;14-;11-/m000/s1. The zero-order valence-corrected chi connectivity index (χ0v) is 51.2. The summed E-state index contributed by atoms with van der Waals surface area (Å²) in [4.78, 5) is 90.7. The Morgan fingerprint density at radius 1 is 0.560 bits per heavy atom. The highest BCUT2D eigenvalue weighted by atomic mass is 19.1. The molecule has 3 atom stereocenters. The van der Waals surface area contributed by atoms with E-state index in [1.807, 2.05) is 41.5 Å². The number of carboxylic acids is 2. The number of aromatic carboxylic acids is 2. The van der Waals surface area contributed by atoms with Crippen molar-refractivity contribution in [2.24, 2.45) is 17.8 Å². The maximum absolute atomic E-state index is 13.8. The van der Waals surface area contributed by atoms with Gasteiger partial charge in [-0.15, -0.1) is 0 Å². The van der Waals surface area contributed by atoms with Gasteiger partial charge in [0.15, 0.2) is 28.9 Å². The van der Waals surface area contributed by atoms with Gasteiger partial charge in [0.05, 0.1) is 18.6 Å². The number of nitrogens with one attached hydrogen (secondary N) is 1. The lowest BCUT2D eigenvalue weighted by Crippen LogP contribution is -2.43. The van der Waals surface area contributed by atoms with Crippen molar-refractivity contribution < 1.29 is 52.0 Å². The van der Waals surface area contributed by atoms with Crippen LogP contribution in [0.4, 0.5) is 22.8 Å². The van der Waals surface area contributed by atoms with Crippen molar-refractivity contribution in [2.75, 3.05) is 39.3 Å². The number of ether oxygens (including phenoxy) is 2. The average molecular weight is 1250 g/mol. The minimum absolute atomic E-state index is 0.0693. The van der Waals surface area contributed by atoms with Crippen molar-refractivity contribution >= 4 is 41.1 Å². The maximum Gasteiger partial charge on any atom is 0.410 e. The van der Waals surface area contributed by atoms with E-state index in [0.29, 0.717) is 108 Å². The van der Waals surface area contributed by atoms with Crippen molar-refractivity contribution in [1.29, 1.82) is 5.26 Å². The summed E-state index contributed by atoms with van der Waals surface area (Å²) in [5.41, 5.74) is 3.79. The van der Waals surface area contributed by atoms with Crippen LogP contribution in [0.5, 0.6) is 0 Å². The summed E-state index contributed by atoms with van der Waals surface area (Å²) in [6, 6.07) is 15.3. The van der Waals surface area contributed by atoms with Crippen LogP contribution in [0, 0.1) is 46.5 Å². The number of pyridine rings is 3. The van der Waals surface area contributed by atoms with E-state index in [-0.39, 0.29) is 52.8 Å². The first-order valence-corrected chi connectivity index (χ1v) is 30.0. The molecule has 3 saturated heterocycles. The number of aromatic nitrogens is 12. The van der Waals surface area contributed by atoms with Crippen molar-refractivity contribution in [3.05, 3.63) is 143 Å². The fourth-order valence-corrected chi connectivity index (χ4v) is 11.2. The molecule has 0 spiro atoms. The molecule has 0 aliphatic carbocycles. The van der Waals surface area contributed by atoms with Gasteiger partial charge in [0, 0.05) is 61.9 Å². The molecule has 91 heavy (non-hydrogen) atoms. The Morgan fingerprint density at radius 2 is 0.945 bits per heavy atom. The lowest BCUT2D eigenvalue weighted by atomic mass is 9.93. The number of amides is 2. The first-order valence-electron chi connectivity index (χ1n) is 30.0. The van der Waals surface area contributed by atoms with E-state index in [1.54, 1.807) is 38.6 Å². The number of imidazole rings is 3. The number of fused-ring (bicyclic) bond motifs is 3. The number of likely N-dealkylation sites (tertiary alicyclic amines) is 2. The largest absolute Gasteiger partial charge is 0.477 e. The third kappa shape index (κ3) is 16.5. The van der Waals surface area contributed by atoms with E-state index >= 15 is 0 Å². The van der Waals surface area contributed by atoms with Gasteiger partial charge in [-0.05, 0) is 185 Å². The van der Waals surface area contributed by atoms with Crippen LogP contribution < -0.4 is 5.32 Å². The molecule has 12 rings (SSSR count).